The quantitative estimate of drug-likeness (QED) is 0.268. The van der Waals surface area contributed by atoms with Gasteiger partial charge in [0, 0.05) is 53.6 Å². The van der Waals surface area contributed by atoms with Gasteiger partial charge in [0.05, 0.1) is 11.0 Å². The highest BCUT2D eigenvalue weighted by atomic mass is 35.5. The van der Waals surface area contributed by atoms with E-state index >= 15 is 0 Å². The van der Waals surface area contributed by atoms with Crippen LogP contribution in [0.4, 0.5) is 0 Å². The summed E-state index contributed by atoms with van der Waals surface area (Å²) in [6, 6.07) is 22.1. The van der Waals surface area contributed by atoms with Crippen molar-refractivity contribution in [2.45, 2.75) is 44.6 Å². The number of aromatic nitrogens is 3. The first-order valence-corrected chi connectivity index (χ1v) is 13.7. The number of fused-ring (bicyclic) bond motifs is 2. The minimum atomic E-state index is -0.0883. The Morgan fingerprint density at radius 2 is 1.79 bits per heavy atom. The van der Waals surface area contributed by atoms with E-state index in [1.807, 2.05) is 58.0 Å². The zero-order valence-corrected chi connectivity index (χ0v) is 22.2. The molecular weight excluding hydrogens is 496 g/mol. The van der Waals surface area contributed by atoms with Crippen LogP contribution in [0.1, 0.15) is 54.8 Å². The van der Waals surface area contributed by atoms with Gasteiger partial charge in [-0.3, -0.25) is 9.36 Å². The Morgan fingerprint density at radius 1 is 1.03 bits per heavy atom. The Balaban J connectivity index is 1.24. The first-order chi connectivity index (χ1) is 18.5. The van der Waals surface area contributed by atoms with Crippen LogP contribution in [-0.2, 0) is 11.2 Å². The average molecular weight is 527 g/mol. The number of aromatic amines is 2. The first kappa shape index (κ1) is 24.6. The van der Waals surface area contributed by atoms with Crippen molar-refractivity contribution >= 4 is 39.4 Å². The van der Waals surface area contributed by atoms with E-state index in [9.17, 15) is 9.59 Å². The molecule has 0 spiro atoms. The number of nitrogens with zero attached hydrogens (tertiary/aromatic N) is 2. The van der Waals surface area contributed by atoms with E-state index in [-0.39, 0.29) is 23.6 Å². The molecule has 1 amide bonds. The van der Waals surface area contributed by atoms with Gasteiger partial charge < -0.3 is 14.9 Å². The van der Waals surface area contributed by atoms with Crippen LogP contribution in [0.3, 0.4) is 0 Å². The molecule has 0 bridgehead atoms. The summed E-state index contributed by atoms with van der Waals surface area (Å²) in [5.74, 6) is 0.0465. The molecule has 6 nitrogen and oxygen atoms in total. The summed E-state index contributed by atoms with van der Waals surface area (Å²) in [5.41, 5.74) is 6.31. The SMILES string of the molecule is CCc1cccc2c(C(CC(=O)N3CCC(n4c(=O)[nH]c5ccccc54)CC3)c3ccc(Cl)cc3)c[nH]c12. The molecule has 6 rings (SSSR count). The van der Waals surface area contributed by atoms with Crippen LogP contribution in [0.25, 0.3) is 21.9 Å². The fourth-order valence-electron chi connectivity index (χ4n) is 6.04. The lowest BCUT2D eigenvalue weighted by atomic mass is 9.87. The summed E-state index contributed by atoms with van der Waals surface area (Å²) < 4.78 is 1.87. The van der Waals surface area contributed by atoms with Crippen molar-refractivity contribution in [1.82, 2.24) is 19.4 Å². The van der Waals surface area contributed by atoms with Crippen LogP contribution < -0.4 is 5.69 Å². The molecule has 5 aromatic rings. The molecule has 1 fully saturated rings. The molecule has 0 aliphatic carbocycles. The second-order valence-electron chi connectivity index (χ2n) is 10.2. The number of likely N-dealkylation sites (tertiary alicyclic amines) is 1. The van der Waals surface area contributed by atoms with Gasteiger partial charge in [-0.2, -0.15) is 0 Å². The molecule has 2 N–H and O–H groups in total. The van der Waals surface area contributed by atoms with Crippen LogP contribution in [0.2, 0.25) is 5.02 Å². The number of H-pyrrole nitrogens is 2. The third kappa shape index (κ3) is 4.43. The fourth-order valence-corrected chi connectivity index (χ4v) is 6.16. The number of piperidine rings is 1. The van der Waals surface area contributed by atoms with Crippen LogP contribution in [0.5, 0.6) is 0 Å². The van der Waals surface area contributed by atoms with Crippen LogP contribution in [-0.4, -0.2) is 38.4 Å². The number of halogens is 1. The molecule has 7 heteroatoms. The molecule has 1 atom stereocenters. The Labute approximate surface area is 226 Å². The number of amides is 1. The maximum Gasteiger partial charge on any atom is 0.326 e. The number of benzene rings is 3. The highest BCUT2D eigenvalue weighted by Gasteiger charge is 2.29. The second kappa shape index (κ2) is 10.2. The van der Waals surface area contributed by atoms with E-state index in [0.29, 0.717) is 24.5 Å². The van der Waals surface area contributed by atoms with E-state index in [4.69, 9.17) is 11.6 Å². The molecule has 1 saturated heterocycles. The van der Waals surface area contributed by atoms with Gasteiger partial charge >= 0.3 is 5.69 Å². The van der Waals surface area contributed by atoms with Gasteiger partial charge in [0.1, 0.15) is 0 Å². The van der Waals surface area contributed by atoms with Crippen molar-refractivity contribution in [3.63, 3.8) is 0 Å². The molecular formula is C31H31ClN4O2. The summed E-state index contributed by atoms with van der Waals surface area (Å²) in [7, 11) is 0. The van der Waals surface area contributed by atoms with Gasteiger partial charge in [-0.05, 0) is 60.2 Å². The Hall–Kier alpha value is -3.77. The molecule has 1 aliphatic heterocycles. The van der Waals surface area contributed by atoms with Crippen LogP contribution in [0, 0.1) is 0 Å². The number of carbonyl (C=O) groups excluding carboxylic acids is 1. The lowest BCUT2D eigenvalue weighted by Gasteiger charge is -2.33. The monoisotopic (exact) mass is 526 g/mol. The lowest BCUT2D eigenvalue weighted by molar-refractivity contribution is -0.132. The standard InChI is InChI=1S/C31H31ClN4O2/c1-2-20-6-5-7-24-26(19-33-30(20)24)25(21-10-12-22(32)13-11-21)18-29(37)35-16-14-23(15-17-35)36-28-9-4-3-8-27(28)34-31(36)38/h3-13,19,23,25,33H,2,14-18H2,1H3,(H,34,38). The number of rotatable bonds is 6. The van der Waals surface area contributed by atoms with Crippen LogP contribution >= 0.6 is 11.6 Å². The molecule has 1 unspecified atom stereocenters. The summed E-state index contributed by atoms with van der Waals surface area (Å²) in [6.07, 6.45) is 4.89. The molecule has 3 heterocycles. The van der Waals surface area contributed by atoms with Gasteiger partial charge in [0.2, 0.25) is 5.91 Å². The third-order valence-electron chi connectivity index (χ3n) is 8.05. The normalized spacial score (nSPS) is 15.4. The smallest absolute Gasteiger partial charge is 0.326 e. The van der Waals surface area contributed by atoms with Crippen molar-refractivity contribution in [1.29, 1.82) is 0 Å². The largest absolute Gasteiger partial charge is 0.361 e. The van der Waals surface area contributed by atoms with Crippen molar-refractivity contribution < 1.29 is 4.79 Å². The maximum atomic E-state index is 13.7. The molecule has 0 saturated carbocycles. The van der Waals surface area contributed by atoms with Gasteiger partial charge in [-0.25, -0.2) is 4.79 Å². The number of imidazole rings is 1. The summed E-state index contributed by atoms with van der Waals surface area (Å²) in [6.45, 7) is 3.43. The Morgan fingerprint density at radius 3 is 2.55 bits per heavy atom. The third-order valence-corrected chi connectivity index (χ3v) is 8.30. The topological polar surface area (TPSA) is 73.9 Å². The van der Waals surface area contributed by atoms with Crippen molar-refractivity contribution in [2.24, 2.45) is 0 Å². The highest BCUT2D eigenvalue weighted by Crippen LogP contribution is 2.36. The van der Waals surface area contributed by atoms with Crippen LogP contribution in [0.15, 0.2) is 77.7 Å². The maximum absolute atomic E-state index is 13.7. The Bertz CT molecular complexity index is 1660. The minimum absolute atomic E-state index is 0.0791. The summed E-state index contributed by atoms with van der Waals surface area (Å²) in [5, 5.41) is 1.84. The second-order valence-corrected chi connectivity index (χ2v) is 10.6. The molecule has 0 radical (unpaired) electrons. The zero-order valence-electron chi connectivity index (χ0n) is 21.4. The molecule has 2 aromatic heterocycles. The molecule has 1 aliphatic rings. The van der Waals surface area contributed by atoms with E-state index in [0.717, 1.165) is 52.3 Å². The lowest BCUT2D eigenvalue weighted by Crippen LogP contribution is -2.41. The number of carbonyl (C=O) groups is 1. The van der Waals surface area contributed by atoms with Gasteiger partial charge in [0.25, 0.3) is 0 Å². The highest BCUT2D eigenvalue weighted by molar-refractivity contribution is 6.30. The Kier molecular flexibility index (Phi) is 6.58. The number of para-hydroxylation sites is 3. The van der Waals surface area contributed by atoms with Crippen molar-refractivity contribution in [3.05, 3.63) is 105 Å². The summed E-state index contributed by atoms with van der Waals surface area (Å²) in [4.78, 5) is 34.8. The number of aryl methyl sites for hydroxylation is 1. The zero-order chi connectivity index (χ0) is 26.2. The molecule has 194 valence electrons. The van der Waals surface area contributed by atoms with E-state index in [1.165, 1.54) is 5.56 Å². The van der Waals surface area contributed by atoms with Crippen molar-refractivity contribution in [3.8, 4) is 0 Å². The average Bonchev–Trinajstić information content (AvgIpc) is 3.52. The molecule has 3 aromatic carbocycles. The predicted molar refractivity (Wildman–Crippen MR) is 153 cm³/mol. The van der Waals surface area contributed by atoms with Gasteiger partial charge in [-0.15, -0.1) is 0 Å². The fraction of sp³-hybridized carbons (Fsp3) is 0.290. The summed E-state index contributed by atoms with van der Waals surface area (Å²) >= 11 is 6.20. The van der Waals surface area contributed by atoms with Gasteiger partial charge in [-0.1, -0.05) is 61.0 Å². The predicted octanol–water partition coefficient (Wildman–Crippen LogP) is 6.41. The van der Waals surface area contributed by atoms with Crippen molar-refractivity contribution in [2.75, 3.05) is 13.1 Å². The van der Waals surface area contributed by atoms with Gasteiger partial charge in [0.15, 0.2) is 0 Å². The number of hydrogen-bond donors (Lipinski definition) is 2. The van der Waals surface area contributed by atoms with E-state index in [2.05, 4.69) is 41.3 Å². The van der Waals surface area contributed by atoms with E-state index in [1.54, 1.807) is 0 Å². The van der Waals surface area contributed by atoms with E-state index < -0.39 is 0 Å². The minimum Gasteiger partial charge on any atom is -0.361 e. The molecule has 38 heavy (non-hydrogen) atoms. The number of hydrogen-bond acceptors (Lipinski definition) is 2. The first-order valence-electron chi connectivity index (χ1n) is 13.3. The number of nitrogens with one attached hydrogen (secondary N) is 2.